The topological polar surface area (TPSA) is 108 Å². The van der Waals surface area contributed by atoms with E-state index in [1.54, 1.807) is 6.07 Å². The summed E-state index contributed by atoms with van der Waals surface area (Å²) in [6, 6.07) is 12.2. The Balaban J connectivity index is 1.63. The van der Waals surface area contributed by atoms with Gasteiger partial charge in [-0.1, -0.05) is 43.7 Å². The summed E-state index contributed by atoms with van der Waals surface area (Å²) in [5.74, 6) is 0.569. The number of hydrogen-bond donors (Lipinski definition) is 3. The number of aryl methyl sites for hydroxylation is 2. The van der Waals surface area contributed by atoms with Crippen LogP contribution in [0, 0.1) is 6.92 Å². The number of carbonyl (C=O) groups excluding carboxylic acids is 1. The third kappa shape index (κ3) is 4.72. The molecule has 1 amide bonds. The summed E-state index contributed by atoms with van der Waals surface area (Å²) in [4.78, 5) is 48.1. The van der Waals surface area contributed by atoms with Gasteiger partial charge in [0.05, 0.1) is 11.7 Å². The second-order valence-corrected chi connectivity index (χ2v) is 8.42. The van der Waals surface area contributed by atoms with E-state index in [-0.39, 0.29) is 11.1 Å². The van der Waals surface area contributed by atoms with Crippen LogP contribution in [0.1, 0.15) is 76.8 Å². The van der Waals surface area contributed by atoms with Crippen LogP contribution < -0.4 is 16.4 Å². The molecule has 32 heavy (non-hydrogen) atoms. The molecule has 3 aromatic rings. The van der Waals surface area contributed by atoms with Crippen LogP contribution in [0.2, 0.25) is 0 Å². The van der Waals surface area contributed by atoms with Crippen molar-refractivity contribution in [1.29, 1.82) is 0 Å². The smallest absolute Gasteiger partial charge is 0.261 e. The number of aromatic nitrogens is 3. The Morgan fingerprint density at radius 2 is 1.91 bits per heavy atom. The maximum Gasteiger partial charge on any atom is 0.261 e. The molecule has 2 aromatic heterocycles. The minimum absolute atomic E-state index is 0.0784. The number of nitrogens with one attached hydrogen (secondary N) is 3. The van der Waals surface area contributed by atoms with Gasteiger partial charge >= 0.3 is 0 Å². The molecule has 1 atom stereocenters. The lowest BCUT2D eigenvalue weighted by atomic mass is 9.85. The van der Waals surface area contributed by atoms with Crippen molar-refractivity contribution in [3.8, 4) is 0 Å². The van der Waals surface area contributed by atoms with Gasteiger partial charge in [-0.05, 0) is 43.4 Å². The lowest BCUT2D eigenvalue weighted by Crippen LogP contribution is -2.34. The SMILES string of the molecule is CCc1[nH]c(=O)c(C(=O)N[C@@H](Cc2cc(=O)[nH]c(C3CCC3)n2)c2ccccc2)cc1C. The van der Waals surface area contributed by atoms with Crippen molar-refractivity contribution in [2.75, 3.05) is 0 Å². The molecule has 1 aromatic carbocycles. The van der Waals surface area contributed by atoms with Gasteiger partial charge in [-0.2, -0.15) is 0 Å². The van der Waals surface area contributed by atoms with E-state index >= 15 is 0 Å². The van der Waals surface area contributed by atoms with Crippen molar-refractivity contribution >= 4 is 5.91 Å². The lowest BCUT2D eigenvalue weighted by Gasteiger charge is -2.25. The summed E-state index contributed by atoms with van der Waals surface area (Å²) in [6.45, 7) is 3.83. The van der Waals surface area contributed by atoms with Crippen molar-refractivity contribution in [3.05, 3.63) is 97.1 Å². The summed E-state index contributed by atoms with van der Waals surface area (Å²) >= 11 is 0. The molecule has 0 aliphatic heterocycles. The van der Waals surface area contributed by atoms with E-state index in [1.807, 2.05) is 44.2 Å². The first-order valence-electron chi connectivity index (χ1n) is 11.1. The normalized spacial score (nSPS) is 14.6. The number of carbonyl (C=O) groups is 1. The molecular weight excluding hydrogens is 404 g/mol. The Morgan fingerprint density at radius 1 is 1.16 bits per heavy atom. The predicted molar refractivity (Wildman–Crippen MR) is 123 cm³/mol. The first kappa shape index (κ1) is 21.7. The van der Waals surface area contributed by atoms with Crippen LogP contribution in [0.15, 0.2) is 52.1 Å². The number of rotatable bonds is 7. The summed E-state index contributed by atoms with van der Waals surface area (Å²) in [6.07, 6.45) is 4.24. The minimum atomic E-state index is -0.449. The van der Waals surface area contributed by atoms with Gasteiger partial charge in [0, 0.05) is 24.1 Å². The molecule has 1 saturated carbocycles. The lowest BCUT2D eigenvalue weighted by molar-refractivity contribution is 0.0934. The maximum atomic E-state index is 13.1. The third-order valence-corrected chi connectivity index (χ3v) is 6.17. The average molecular weight is 433 g/mol. The molecule has 1 aliphatic rings. The fourth-order valence-corrected chi connectivity index (χ4v) is 4.10. The zero-order valence-corrected chi connectivity index (χ0v) is 18.4. The zero-order valence-electron chi connectivity index (χ0n) is 18.4. The highest BCUT2D eigenvalue weighted by atomic mass is 16.2. The Labute approximate surface area is 186 Å². The van der Waals surface area contributed by atoms with Gasteiger partial charge in [0.2, 0.25) is 0 Å². The minimum Gasteiger partial charge on any atom is -0.345 e. The first-order chi connectivity index (χ1) is 15.4. The van der Waals surface area contributed by atoms with Crippen molar-refractivity contribution < 1.29 is 4.79 Å². The molecule has 3 N–H and O–H groups in total. The van der Waals surface area contributed by atoms with Crippen LogP contribution in [0.5, 0.6) is 0 Å². The molecule has 0 saturated heterocycles. The van der Waals surface area contributed by atoms with Crippen LogP contribution in [0.4, 0.5) is 0 Å². The van der Waals surface area contributed by atoms with Crippen molar-refractivity contribution in [2.45, 2.75) is 57.9 Å². The van der Waals surface area contributed by atoms with Gasteiger partial charge in [-0.15, -0.1) is 0 Å². The van der Waals surface area contributed by atoms with E-state index in [1.165, 1.54) is 6.07 Å². The molecule has 1 fully saturated rings. The number of benzene rings is 1. The first-order valence-corrected chi connectivity index (χ1v) is 11.1. The fraction of sp³-hybridized carbons (Fsp3) is 0.360. The second kappa shape index (κ2) is 9.34. The highest BCUT2D eigenvalue weighted by Crippen LogP contribution is 2.34. The quantitative estimate of drug-likeness (QED) is 0.532. The highest BCUT2D eigenvalue weighted by molar-refractivity contribution is 5.94. The molecule has 0 bridgehead atoms. The number of nitrogens with zero attached hydrogens (tertiary/aromatic N) is 1. The highest BCUT2D eigenvalue weighted by Gasteiger charge is 2.24. The van der Waals surface area contributed by atoms with Crippen molar-refractivity contribution in [3.63, 3.8) is 0 Å². The number of pyridine rings is 1. The van der Waals surface area contributed by atoms with Gasteiger partial charge in [-0.25, -0.2) is 4.98 Å². The second-order valence-electron chi connectivity index (χ2n) is 8.42. The Hall–Kier alpha value is -3.48. The number of amides is 1. The fourth-order valence-electron chi connectivity index (χ4n) is 4.10. The molecular formula is C25H28N4O3. The number of hydrogen-bond acceptors (Lipinski definition) is 4. The molecule has 0 spiro atoms. The molecule has 4 rings (SSSR count). The maximum absolute atomic E-state index is 13.1. The molecule has 0 unspecified atom stereocenters. The van der Waals surface area contributed by atoms with Gasteiger partial charge in [-0.3, -0.25) is 14.4 Å². The van der Waals surface area contributed by atoms with Gasteiger partial charge in [0.1, 0.15) is 11.4 Å². The van der Waals surface area contributed by atoms with Crippen LogP contribution in [-0.2, 0) is 12.8 Å². The van der Waals surface area contributed by atoms with Gasteiger partial charge < -0.3 is 15.3 Å². The Kier molecular flexibility index (Phi) is 6.35. The summed E-state index contributed by atoms with van der Waals surface area (Å²) in [7, 11) is 0. The van der Waals surface area contributed by atoms with Gasteiger partial charge in [0.15, 0.2) is 0 Å². The summed E-state index contributed by atoms with van der Waals surface area (Å²) in [5, 5.41) is 2.99. The van der Waals surface area contributed by atoms with E-state index < -0.39 is 17.5 Å². The van der Waals surface area contributed by atoms with E-state index in [4.69, 9.17) is 0 Å². The molecule has 2 heterocycles. The van der Waals surface area contributed by atoms with E-state index in [0.717, 1.165) is 41.9 Å². The average Bonchev–Trinajstić information content (AvgIpc) is 2.73. The predicted octanol–water partition coefficient (Wildman–Crippen LogP) is 3.31. The Bertz CT molecular complexity index is 1230. The van der Waals surface area contributed by atoms with E-state index in [0.29, 0.717) is 24.5 Å². The Morgan fingerprint density at radius 3 is 2.56 bits per heavy atom. The van der Waals surface area contributed by atoms with Crippen LogP contribution >= 0.6 is 0 Å². The van der Waals surface area contributed by atoms with E-state index in [9.17, 15) is 14.4 Å². The number of H-pyrrole nitrogens is 2. The largest absolute Gasteiger partial charge is 0.345 e. The van der Waals surface area contributed by atoms with Crippen LogP contribution in [0.3, 0.4) is 0 Å². The monoisotopic (exact) mass is 432 g/mol. The van der Waals surface area contributed by atoms with Crippen LogP contribution in [0.25, 0.3) is 0 Å². The van der Waals surface area contributed by atoms with Crippen molar-refractivity contribution in [1.82, 2.24) is 20.3 Å². The standard InChI is InChI=1S/C25H28N4O3/c1-3-20-15(2)12-19(24(31)27-20)25(32)28-21(16-8-5-4-6-9-16)13-18-14-22(30)29-23(26-18)17-10-7-11-17/h4-6,8-9,12,14,17,21H,3,7,10-11,13H2,1-2H3,(H,27,31)(H,28,32)(H,26,29,30)/t21-/m0/s1. The third-order valence-electron chi connectivity index (χ3n) is 6.17. The number of aromatic amines is 2. The molecule has 7 heteroatoms. The van der Waals surface area contributed by atoms with E-state index in [2.05, 4.69) is 20.3 Å². The molecule has 0 radical (unpaired) electrons. The van der Waals surface area contributed by atoms with Crippen LogP contribution in [-0.4, -0.2) is 20.9 Å². The molecule has 1 aliphatic carbocycles. The summed E-state index contributed by atoms with van der Waals surface area (Å²) < 4.78 is 0. The zero-order chi connectivity index (χ0) is 22.7. The summed E-state index contributed by atoms with van der Waals surface area (Å²) in [5.41, 5.74) is 2.69. The van der Waals surface area contributed by atoms with Crippen molar-refractivity contribution in [2.24, 2.45) is 0 Å². The molecule has 166 valence electrons. The van der Waals surface area contributed by atoms with Gasteiger partial charge in [0.25, 0.3) is 17.0 Å². The molecule has 7 nitrogen and oxygen atoms in total.